The summed E-state index contributed by atoms with van der Waals surface area (Å²) in [5.74, 6) is -0.0584. The number of anilines is 1. The number of hydrogen-bond donors (Lipinski definition) is 2. The average Bonchev–Trinajstić information content (AvgIpc) is 3.13. The molecule has 0 fully saturated rings. The molecule has 0 spiro atoms. The third-order valence-corrected chi connectivity index (χ3v) is 5.31. The number of pyridine rings is 1. The summed E-state index contributed by atoms with van der Waals surface area (Å²) in [5.41, 5.74) is 10.2. The lowest BCUT2D eigenvalue weighted by molar-refractivity contribution is -0.144. The normalized spacial score (nSPS) is 11.8. The molecule has 32 heavy (non-hydrogen) atoms. The minimum Gasteiger partial charge on any atom is -0.467 e. The molecule has 2 aromatic heterocycles. The van der Waals surface area contributed by atoms with E-state index in [-0.39, 0.29) is 12.3 Å². The first kappa shape index (κ1) is 21.1. The van der Waals surface area contributed by atoms with Gasteiger partial charge in [-0.1, -0.05) is 36.4 Å². The lowest BCUT2D eigenvalue weighted by atomic mass is 9.98. The zero-order valence-corrected chi connectivity index (χ0v) is 17.9. The van der Waals surface area contributed by atoms with Gasteiger partial charge in [-0.05, 0) is 41.5 Å². The van der Waals surface area contributed by atoms with Crippen LogP contribution in [-0.2, 0) is 20.7 Å². The highest BCUT2D eigenvalue weighted by Crippen LogP contribution is 2.37. The Morgan fingerprint density at radius 3 is 2.44 bits per heavy atom. The molecule has 4 aromatic rings. The van der Waals surface area contributed by atoms with E-state index in [4.69, 9.17) is 10.5 Å². The van der Waals surface area contributed by atoms with Crippen LogP contribution in [0.3, 0.4) is 0 Å². The van der Waals surface area contributed by atoms with E-state index in [0.717, 1.165) is 33.5 Å². The maximum absolute atomic E-state index is 12.5. The zero-order chi connectivity index (χ0) is 22.7. The molecule has 1 amide bonds. The van der Waals surface area contributed by atoms with Crippen LogP contribution in [0.25, 0.3) is 28.0 Å². The van der Waals surface area contributed by atoms with Crippen LogP contribution in [0.5, 0.6) is 0 Å². The predicted octanol–water partition coefficient (Wildman–Crippen LogP) is 3.49. The minimum atomic E-state index is -0.826. The van der Waals surface area contributed by atoms with Gasteiger partial charge in [0.15, 0.2) is 0 Å². The second kappa shape index (κ2) is 8.93. The number of para-hydroxylation sites is 1. The standard InChI is InChI=1S/C25H24N4O3/c1-16(30)28-21(25(31)32-2)15-20-19-7-3-4-8-22(19)29(23-9-5-6-14-27-23)24(20)17-10-12-18(26)13-11-17/h3-14,21H,15,26H2,1-2H3,(H,28,30)/t21-/m0/s1. The number of methoxy groups -OCH3 is 1. The van der Waals surface area contributed by atoms with E-state index in [1.54, 1.807) is 6.20 Å². The van der Waals surface area contributed by atoms with Gasteiger partial charge in [0.25, 0.3) is 0 Å². The second-order valence-corrected chi connectivity index (χ2v) is 7.47. The topological polar surface area (TPSA) is 99.2 Å². The Labute approximate surface area is 185 Å². The lowest BCUT2D eigenvalue weighted by Crippen LogP contribution is -2.42. The number of nitrogen functional groups attached to an aromatic ring is 1. The molecule has 7 heteroatoms. The summed E-state index contributed by atoms with van der Waals surface area (Å²) in [6, 6.07) is 20.4. The Bertz CT molecular complexity index is 1260. The fraction of sp³-hybridized carbons (Fsp3) is 0.160. The van der Waals surface area contributed by atoms with Crippen LogP contribution in [0.15, 0.2) is 72.9 Å². The number of esters is 1. The third-order valence-electron chi connectivity index (χ3n) is 5.31. The molecule has 0 aliphatic carbocycles. The first-order chi connectivity index (χ1) is 15.5. The molecule has 0 unspecified atom stereocenters. The van der Waals surface area contributed by atoms with Crippen molar-refractivity contribution in [3.8, 4) is 17.1 Å². The van der Waals surface area contributed by atoms with Gasteiger partial charge in [-0.3, -0.25) is 9.36 Å². The van der Waals surface area contributed by atoms with Crippen LogP contribution in [-0.4, -0.2) is 34.6 Å². The number of nitrogens with two attached hydrogens (primary N) is 1. The summed E-state index contributed by atoms with van der Waals surface area (Å²) >= 11 is 0. The van der Waals surface area contributed by atoms with Crippen LogP contribution in [0, 0.1) is 0 Å². The van der Waals surface area contributed by atoms with Crippen molar-refractivity contribution in [1.82, 2.24) is 14.9 Å². The molecule has 0 radical (unpaired) electrons. The highest BCUT2D eigenvalue weighted by Gasteiger charge is 2.27. The Balaban J connectivity index is 2.01. The van der Waals surface area contributed by atoms with Gasteiger partial charge in [0.05, 0.1) is 18.3 Å². The Morgan fingerprint density at radius 2 is 1.78 bits per heavy atom. The molecule has 0 aliphatic rings. The highest BCUT2D eigenvalue weighted by molar-refractivity contribution is 5.95. The number of ether oxygens (including phenoxy) is 1. The number of fused-ring (bicyclic) bond motifs is 1. The van der Waals surface area contributed by atoms with E-state index in [1.165, 1.54) is 14.0 Å². The highest BCUT2D eigenvalue weighted by atomic mass is 16.5. The zero-order valence-electron chi connectivity index (χ0n) is 17.9. The molecule has 162 valence electrons. The number of benzene rings is 2. The molecule has 0 saturated carbocycles. The second-order valence-electron chi connectivity index (χ2n) is 7.47. The number of nitrogens with one attached hydrogen (secondary N) is 1. The maximum Gasteiger partial charge on any atom is 0.328 e. The number of amides is 1. The van der Waals surface area contributed by atoms with Gasteiger partial charge in [-0.25, -0.2) is 9.78 Å². The lowest BCUT2D eigenvalue weighted by Gasteiger charge is -2.17. The minimum absolute atomic E-state index is 0.256. The summed E-state index contributed by atoms with van der Waals surface area (Å²) in [5, 5.41) is 3.68. The van der Waals surface area contributed by atoms with Gasteiger partial charge in [0.1, 0.15) is 11.9 Å². The molecule has 2 aromatic carbocycles. The first-order valence-electron chi connectivity index (χ1n) is 10.2. The Kier molecular flexibility index (Phi) is 5.89. The van der Waals surface area contributed by atoms with Crippen LogP contribution >= 0.6 is 0 Å². The van der Waals surface area contributed by atoms with E-state index in [2.05, 4.69) is 14.9 Å². The average molecular weight is 428 g/mol. The smallest absolute Gasteiger partial charge is 0.328 e. The number of hydrogen-bond acceptors (Lipinski definition) is 5. The monoisotopic (exact) mass is 428 g/mol. The van der Waals surface area contributed by atoms with Gasteiger partial charge in [0, 0.05) is 30.6 Å². The van der Waals surface area contributed by atoms with Crippen molar-refractivity contribution in [3.05, 3.63) is 78.5 Å². The quantitative estimate of drug-likeness (QED) is 0.362. The number of nitrogens with zero attached hydrogens (tertiary/aromatic N) is 2. The third kappa shape index (κ3) is 4.05. The number of carbonyl (C=O) groups is 2. The van der Waals surface area contributed by atoms with Crippen molar-refractivity contribution < 1.29 is 14.3 Å². The SMILES string of the molecule is COC(=O)[C@H](Cc1c(-c2ccc(N)cc2)n(-c2ccccn2)c2ccccc12)NC(C)=O. The van der Waals surface area contributed by atoms with Crippen molar-refractivity contribution in [2.75, 3.05) is 12.8 Å². The molecule has 1 atom stereocenters. The summed E-state index contributed by atoms with van der Waals surface area (Å²) in [7, 11) is 1.31. The fourth-order valence-electron chi connectivity index (χ4n) is 3.97. The summed E-state index contributed by atoms with van der Waals surface area (Å²) in [6.07, 6.45) is 2.00. The molecule has 7 nitrogen and oxygen atoms in total. The van der Waals surface area contributed by atoms with Crippen LogP contribution in [0.2, 0.25) is 0 Å². The predicted molar refractivity (Wildman–Crippen MR) is 124 cm³/mol. The summed E-state index contributed by atoms with van der Waals surface area (Å²) in [4.78, 5) is 28.9. The van der Waals surface area contributed by atoms with Crippen LogP contribution in [0.4, 0.5) is 5.69 Å². The molecular weight excluding hydrogens is 404 g/mol. The molecule has 2 heterocycles. The first-order valence-corrected chi connectivity index (χ1v) is 10.2. The van der Waals surface area contributed by atoms with Crippen LogP contribution in [0.1, 0.15) is 12.5 Å². The van der Waals surface area contributed by atoms with Gasteiger partial charge < -0.3 is 15.8 Å². The van der Waals surface area contributed by atoms with Gasteiger partial charge in [0.2, 0.25) is 5.91 Å². The van der Waals surface area contributed by atoms with E-state index in [9.17, 15) is 9.59 Å². The summed E-state index contributed by atoms with van der Waals surface area (Å²) in [6.45, 7) is 1.38. The molecule has 3 N–H and O–H groups in total. The Morgan fingerprint density at radius 1 is 1.06 bits per heavy atom. The molecule has 0 bridgehead atoms. The van der Waals surface area contributed by atoms with E-state index in [1.807, 2.05) is 66.7 Å². The fourth-order valence-corrected chi connectivity index (χ4v) is 3.97. The van der Waals surface area contributed by atoms with Gasteiger partial charge in [-0.2, -0.15) is 0 Å². The number of rotatable bonds is 6. The van der Waals surface area contributed by atoms with Crippen molar-refractivity contribution in [2.24, 2.45) is 0 Å². The summed E-state index contributed by atoms with van der Waals surface area (Å²) < 4.78 is 7.03. The maximum atomic E-state index is 12.5. The van der Waals surface area contributed by atoms with Crippen molar-refractivity contribution in [1.29, 1.82) is 0 Å². The van der Waals surface area contributed by atoms with Crippen molar-refractivity contribution in [2.45, 2.75) is 19.4 Å². The van der Waals surface area contributed by atoms with Gasteiger partial charge in [-0.15, -0.1) is 0 Å². The molecular formula is C25H24N4O3. The van der Waals surface area contributed by atoms with Crippen LogP contribution < -0.4 is 11.1 Å². The molecule has 0 aliphatic heterocycles. The van der Waals surface area contributed by atoms with E-state index < -0.39 is 12.0 Å². The van der Waals surface area contributed by atoms with Crippen molar-refractivity contribution in [3.63, 3.8) is 0 Å². The number of aromatic nitrogens is 2. The van der Waals surface area contributed by atoms with E-state index >= 15 is 0 Å². The Hall–Kier alpha value is -4.13. The van der Waals surface area contributed by atoms with Crippen molar-refractivity contribution >= 4 is 28.5 Å². The van der Waals surface area contributed by atoms with Gasteiger partial charge >= 0.3 is 5.97 Å². The van der Waals surface area contributed by atoms with E-state index in [0.29, 0.717) is 5.69 Å². The molecule has 0 saturated heterocycles. The number of carbonyl (C=O) groups excluding carboxylic acids is 2. The molecule has 4 rings (SSSR count). The largest absolute Gasteiger partial charge is 0.467 e.